The molecule has 3 aromatic rings. The number of oxazole rings is 1. The summed E-state index contributed by atoms with van der Waals surface area (Å²) in [5, 5.41) is 3.86. The zero-order valence-electron chi connectivity index (χ0n) is 17.2. The van der Waals surface area contributed by atoms with Gasteiger partial charge in [0.25, 0.3) is 5.91 Å². The minimum absolute atomic E-state index is 0.0188. The van der Waals surface area contributed by atoms with Crippen LogP contribution < -0.4 is 10.2 Å². The van der Waals surface area contributed by atoms with E-state index in [1.807, 2.05) is 36.2 Å². The number of halogens is 1. The molecule has 1 aromatic carbocycles. The minimum atomic E-state index is -0.0188. The van der Waals surface area contributed by atoms with E-state index in [0.717, 1.165) is 55.0 Å². The first-order chi connectivity index (χ1) is 14.4. The monoisotopic (exact) mass is 424 g/mol. The second-order valence-corrected chi connectivity index (χ2v) is 9.20. The summed E-state index contributed by atoms with van der Waals surface area (Å²) in [6.07, 6.45) is 5.88. The SMILES string of the molecule is CCN(C)c1cc(C(=O)NC2CC3(C2)CC(c2nc4cc(Cl)ccc4o2)C3)ccn1. The van der Waals surface area contributed by atoms with Gasteiger partial charge in [-0.2, -0.15) is 0 Å². The summed E-state index contributed by atoms with van der Waals surface area (Å²) in [7, 11) is 1.97. The van der Waals surface area contributed by atoms with Gasteiger partial charge < -0.3 is 14.6 Å². The number of anilines is 1. The summed E-state index contributed by atoms with van der Waals surface area (Å²) in [6.45, 7) is 2.90. The number of pyridine rings is 1. The minimum Gasteiger partial charge on any atom is -0.440 e. The quantitative estimate of drug-likeness (QED) is 0.637. The molecule has 0 saturated heterocycles. The molecule has 2 aliphatic rings. The summed E-state index contributed by atoms with van der Waals surface area (Å²) < 4.78 is 5.93. The average Bonchev–Trinajstić information content (AvgIpc) is 3.10. The van der Waals surface area contributed by atoms with Gasteiger partial charge in [-0.1, -0.05) is 11.6 Å². The molecule has 2 aromatic heterocycles. The fraction of sp³-hybridized carbons (Fsp3) is 0.435. The van der Waals surface area contributed by atoms with E-state index in [4.69, 9.17) is 16.0 Å². The van der Waals surface area contributed by atoms with Crippen molar-refractivity contribution in [2.45, 2.75) is 44.6 Å². The molecular weight excluding hydrogens is 400 g/mol. The molecule has 1 N–H and O–H groups in total. The molecule has 0 aliphatic heterocycles. The summed E-state index contributed by atoms with van der Waals surface area (Å²) in [5.41, 5.74) is 2.60. The van der Waals surface area contributed by atoms with E-state index in [9.17, 15) is 4.79 Å². The molecule has 1 amide bonds. The van der Waals surface area contributed by atoms with Crippen molar-refractivity contribution in [3.05, 3.63) is 53.0 Å². The Morgan fingerprint density at radius 1 is 1.27 bits per heavy atom. The van der Waals surface area contributed by atoms with E-state index in [-0.39, 0.29) is 11.9 Å². The van der Waals surface area contributed by atoms with Gasteiger partial charge in [0.1, 0.15) is 11.3 Å². The van der Waals surface area contributed by atoms with Gasteiger partial charge in [-0.15, -0.1) is 0 Å². The van der Waals surface area contributed by atoms with Crippen LogP contribution >= 0.6 is 11.6 Å². The first kappa shape index (κ1) is 19.4. The summed E-state index contributed by atoms with van der Waals surface area (Å²) in [4.78, 5) is 23.6. The number of nitrogens with zero attached hydrogens (tertiary/aromatic N) is 3. The van der Waals surface area contributed by atoms with Crippen molar-refractivity contribution in [2.75, 3.05) is 18.5 Å². The van der Waals surface area contributed by atoms with Crippen LogP contribution in [0.2, 0.25) is 5.02 Å². The Bertz CT molecular complexity index is 1100. The fourth-order valence-corrected chi connectivity index (χ4v) is 5.04. The Balaban J connectivity index is 1.16. The molecule has 1 spiro atoms. The van der Waals surface area contributed by atoms with Gasteiger partial charge in [-0.3, -0.25) is 4.79 Å². The zero-order chi connectivity index (χ0) is 20.9. The van der Waals surface area contributed by atoms with Crippen LogP contribution in [0.1, 0.15) is 54.8 Å². The predicted molar refractivity (Wildman–Crippen MR) is 117 cm³/mol. The number of carbonyl (C=O) groups is 1. The number of fused-ring (bicyclic) bond motifs is 1. The largest absolute Gasteiger partial charge is 0.440 e. The van der Waals surface area contributed by atoms with Gasteiger partial charge in [0.05, 0.1) is 0 Å². The Labute approximate surface area is 180 Å². The smallest absolute Gasteiger partial charge is 0.251 e. The molecule has 0 atom stereocenters. The first-order valence-corrected chi connectivity index (χ1v) is 10.9. The third-order valence-electron chi connectivity index (χ3n) is 6.64. The lowest BCUT2D eigenvalue weighted by atomic mass is 9.50. The van der Waals surface area contributed by atoms with Crippen LogP contribution in [0.5, 0.6) is 0 Å². The highest BCUT2D eigenvalue weighted by Gasteiger charge is 2.54. The topological polar surface area (TPSA) is 71.3 Å². The maximum absolute atomic E-state index is 12.6. The van der Waals surface area contributed by atoms with Crippen LogP contribution in [0.15, 0.2) is 40.9 Å². The van der Waals surface area contributed by atoms with Crippen LogP contribution in [0.3, 0.4) is 0 Å². The first-order valence-electron chi connectivity index (χ1n) is 10.5. The van der Waals surface area contributed by atoms with Gasteiger partial charge in [0.15, 0.2) is 11.5 Å². The molecule has 156 valence electrons. The van der Waals surface area contributed by atoms with Gasteiger partial charge in [-0.25, -0.2) is 9.97 Å². The summed E-state index contributed by atoms with van der Waals surface area (Å²) in [6, 6.07) is 9.41. The normalized spacial score (nSPS) is 25.0. The molecule has 7 heteroatoms. The average molecular weight is 425 g/mol. The number of nitrogens with one attached hydrogen (secondary N) is 1. The summed E-state index contributed by atoms with van der Waals surface area (Å²) in [5.74, 6) is 1.97. The van der Waals surface area contributed by atoms with Gasteiger partial charge >= 0.3 is 0 Å². The van der Waals surface area contributed by atoms with Gasteiger partial charge in [-0.05, 0) is 68.4 Å². The highest BCUT2D eigenvalue weighted by molar-refractivity contribution is 6.31. The molecule has 0 unspecified atom stereocenters. The third kappa shape index (κ3) is 3.43. The predicted octanol–water partition coefficient (Wildman–Crippen LogP) is 4.79. The highest BCUT2D eigenvalue weighted by atomic mass is 35.5. The molecule has 2 saturated carbocycles. The molecule has 5 rings (SSSR count). The van der Waals surface area contributed by atoms with Crippen molar-refractivity contribution in [3.8, 4) is 0 Å². The lowest BCUT2D eigenvalue weighted by Gasteiger charge is -2.57. The second kappa shape index (κ2) is 7.27. The standard InChI is InChI=1S/C23H25ClN4O2/c1-3-28(2)20-8-14(6-7-25-20)21(29)26-17-12-23(13-17)10-15(11-23)22-27-18-9-16(24)4-5-19(18)30-22/h4-9,15,17H,3,10-13H2,1-2H3,(H,26,29). The number of amides is 1. The lowest BCUT2D eigenvalue weighted by molar-refractivity contribution is -0.0253. The Morgan fingerprint density at radius 3 is 2.83 bits per heavy atom. The molecule has 0 radical (unpaired) electrons. The van der Waals surface area contributed by atoms with E-state index in [1.54, 1.807) is 12.3 Å². The van der Waals surface area contributed by atoms with Gasteiger partial charge in [0, 0.05) is 42.3 Å². The molecule has 2 heterocycles. The number of hydrogen-bond acceptors (Lipinski definition) is 5. The van der Waals surface area contributed by atoms with Crippen LogP contribution in [0.4, 0.5) is 5.82 Å². The molecule has 6 nitrogen and oxygen atoms in total. The molecule has 2 aliphatic carbocycles. The van der Waals surface area contributed by atoms with E-state index in [0.29, 0.717) is 21.9 Å². The Morgan fingerprint density at radius 2 is 2.07 bits per heavy atom. The maximum atomic E-state index is 12.6. The Hall–Kier alpha value is -2.60. The van der Waals surface area contributed by atoms with Crippen molar-refractivity contribution in [1.82, 2.24) is 15.3 Å². The number of benzene rings is 1. The number of hydrogen-bond donors (Lipinski definition) is 1. The Kier molecular flexibility index (Phi) is 4.69. The molecular formula is C23H25ClN4O2. The van der Waals surface area contributed by atoms with Crippen molar-refractivity contribution in [2.24, 2.45) is 5.41 Å². The van der Waals surface area contributed by atoms with E-state index < -0.39 is 0 Å². The lowest BCUT2D eigenvalue weighted by Crippen LogP contribution is -2.55. The zero-order valence-corrected chi connectivity index (χ0v) is 17.9. The van der Waals surface area contributed by atoms with Crippen LogP contribution in [-0.2, 0) is 0 Å². The number of carbonyl (C=O) groups excluding carboxylic acids is 1. The highest BCUT2D eigenvalue weighted by Crippen LogP contribution is 2.61. The van der Waals surface area contributed by atoms with Crippen molar-refractivity contribution in [3.63, 3.8) is 0 Å². The number of aromatic nitrogens is 2. The van der Waals surface area contributed by atoms with E-state index >= 15 is 0 Å². The van der Waals surface area contributed by atoms with Crippen LogP contribution in [-0.4, -0.2) is 35.5 Å². The molecule has 2 fully saturated rings. The van der Waals surface area contributed by atoms with Crippen molar-refractivity contribution >= 4 is 34.4 Å². The summed E-state index contributed by atoms with van der Waals surface area (Å²) >= 11 is 6.04. The maximum Gasteiger partial charge on any atom is 0.251 e. The molecule has 0 bridgehead atoms. The third-order valence-corrected chi connectivity index (χ3v) is 6.88. The van der Waals surface area contributed by atoms with Crippen molar-refractivity contribution in [1.29, 1.82) is 0 Å². The van der Waals surface area contributed by atoms with Crippen LogP contribution in [0, 0.1) is 5.41 Å². The van der Waals surface area contributed by atoms with E-state index in [2.05, 4.69) is 22.2 Å². The van der Waals surface area contributed by atoms with Crippen LogP contribution in [0.25, 0.3) is 11.1 Å². The second-order valence-electron chi connectivity index (χ2n) is 8.76. The van der Waals surface area contributed by atoms with Crippen molar-refractivity contribution < 1.29 is 9.21 Å². The number of rotatable bonds is 5. The molecule has 30 heavy (non-hydrogen) atoms. The van der Waals surface area contributed by atoms with E-state index in [1.165, 1.54) is 0 Å². The fourth-order valence-electron chi connectivity index (χ4n) is 4.87. The van der Waals surface area contributed by atoms with Gasteiger partial charge in [0.2, 0.25) is 0 Å².